The third-order valence-corrected chi connectivity index (χ3v) is 7.22. The molecule has 7 nitrogen and oxygen atoms in total. The summed E-state index contributed by atoms with van der Waals surface area (Å²) >= 11 is 1.78. The van der Waals surface area contributed by atoms with Gasteiger partial charge in [-0.15, -0.1) is 11.3 Å². The molecule has 3 amide bonds. The van der Waals surface area contributed by atoms with Crippen LogP contribution in [0.5, 0.6) is 0 Å². The lowest BCUT2D eigenvalue weighted by atomic mass is 9.97. The molecule has 1 atom stereocenters. The molecule has 0 unspecified atom stereocenters. The summed E-state index contributed by atoms with van der Waals surface area (Å²) in [5, 5.41) is 3.99. The number of likely N-dealkylation sites (tertiary alicyclic amines) is 1. The van der Waals surface area contributed by atoms with Crippen LogP contribution in [0.25, 0.3) is 10.2 Å². The number of benzene rings is 1. The minimum absolute atomic E-state index is 0.252. The van der Waals surface area contributed by atoms with Crippen molar-refractivity contribution in [3.8, 4) is 0 Å². The Labute approximate surface area is 172 Å². The molecular weight excluding hydrogens is 388 g/mol. The number of nitrogens with one attached hydrogen (secondary N) is 2. The summed E-state index contributed by atoms with van der Waals surface area (Å²) in [6, 6.07) is 11.3. The Bertz CT molecular complexity index is 1020. The number of carbonyl (C=O) groups excluding carboxylic acids is 2. The van der Waals surface area contributed by atoms with Crippen molar-refractivity contribution in [2.24, 2.45) is 0 Å². The predicted molar refractivity (Wildman–Crippen MR) is 109 cm³/mol. The van der Waals surface area contributed by atoms with E-state index >= 15 is 0 Å². The standard InChI is InChI=1S/C21H22N4O3S/c1-21(17-7-4-12-28-17)19(26)25(20(27)23-21)13-24-10-8-14(9-11-24)18-22-15-5-2-3-6-16(15)29-18/h2-7,12,14H,8-11,13H2,1H3,(H,23,27)/p+1/t21-/m0/s1. The van der Waals surface area contributed by atoms with E-state index in [1.807, 2.05) is 12.1 Å². The van der Waals surface area contributed by atoms with Gasteiger partial charge < -0.3 is 14.6 Å². The highest BCUT2D eigenvalue weighted by atomic mass is 32.1. The maximum atomic E-state index is 13.0. The average molecular weight is 412 g/mol. The monoisotopic (exact) mass is 411 g/mol. The first kappa shape index (κ1) is 18.3. The zero-order valence-electron chi connectivity index (χ0n) is 16.2. The number of furan rings is 1. The van der Waals surface area contributed by atoms with E-state index in [2.05, 4.69) is 17.4 Å². The number of carbonyl (C=O) groups is 2. The second-order valence-corrected chi connectivity index (χ2v) is 9.03. The van der Waals surface area contributed by atoms with Crippen LogP contribution in [-0.2, 0) is 10.3 Å². The van der Waals surface area contributed by atoms with Crippen molar-refractivity contribution in [2.45, 2.75) is 31.2 Å². The Kier molecular flexibility index (Phi) is 4.40. The zero-order chi connectivity index (χ0) is 20.0. The Balaban J connectivity index is 1.24. The Morgan fingerprint density at radius 2 is 2.03 bits per heavy atom. The summed E-state index contributed by atoms with van der Waals surface area (Å²) < 4.78 is 6.62. The highest BCUT2D eigenvalue weighted by Gasteiger charge is 2.52. The Morgan fingerprint density at radius 1 is 1.24 bits per heavy atom. The number of rotatable bonds is 4. The van der Waals surface area contributed by atoms with Crippen LogP contribution >= 0.6 is 11.3 Å². The molecule has 2 N–H and O–H groups in total. The van der Waals surface area contributed by atoms with Gasteiger partial charge >= 0.3 is 6.03 Å². The van der Waals surface area contributed by atoms with Crippen molar-refractivity contribution in [3.63, 3.8) is 0 Å². The van der Waals surface area contributed by atoms with E-state index in [-0.39, 0.29) is 11.9 Å². The van der Waals surface area contributed by atoms with E-state index in [4.69, 9.17) is 9.40 Å². The number of amides is 3. The van der Waals surface area contributed by atoms with Gasteiger partial charge in [-0.05, 0) is 31.2 Å². The first-order chi connectivity index (χ1) is 14.0. The molecule has 150 valence electrons. The van der Waals surface area contributed by atoms with Gasteiger partial charge in [-0.2, -0.15) is 0 Å². The lowest BCUT2D eigenvalue weighted by molar-refractivity contribution is -0.912. The van der Waals surface area contributed by atoms with Gasteiger partial charge in [-0.25, -0.2) is 14.7 Å². The van der Waals surface area contributed by atoms with Crippen molar-refractivity contribution in [2.75, 3.05) is 19.8 Å². The number of imide groups is 1. The SMILES string of the molecule is C[C@@]1(c2ccco2)NC(=O)N(C[NH+]2CCC(c3nc4ccccc4s3)CC2)C1=O. The van der Waals surface area contributed by atoms with Crippen LogP contribution in [0.3, 0.4) is 0 Å². The number of piperidine rings is 1. The van der Waals surface area contributed by atoms with Crippen LogP contribution in [-0.4, -0.2) is 41.6 Å². The van der Waals surface area contributed by atoms with Crippen LogP contribution in [0.2, 0.25) is 0 Å². The van der Waals surface area contributed by atoms with Crippen molar-refractivity contribution in [1.29, 1.82) is 0 Å². The Hall–Kier alpha value is -2.71. The quantitative estimate of drug-likeness (QED) is 0.644. The molecule has 0 bridgehead atoms. The van der Waals surface area contributed by atoms with E-state index in [1.165, 1.54) is 25.8 Å². The largest absolute Gasteiger partial charge is 0.466 e. The van der Waals surface area contributed by atoms with E-state index in [1.54, 1.807) is 30.4 Å². The molecule has 1 aromatic carbocycles. The maximum absolute atomic E-state index is 13.0. The number of quaternary nitrogens is 1. The first-order valence-corrected chi connectivity index (χ1v) is 10.7. The van der Waals surface area contributed by atoms with Gasteiger partial charge in [0.05, 0.1) is 34.6 Å². The predicted octanol–water partition coefficient (Wildman–Crippen LogP) is 2.08. The van der Waals surface area contributed by atoms with Gasteiger partial charge in [-0.3, -0.25) is 4.79 Å². The summed E-state index contributed by atoms with van der Waals surface area (Å²) in [7, 11) is 0. The van der Waals surface area contributed by atoms with Gasteiger partial charge in [0, 0.05) is 18.8 Å². The first-order valence-electron chi connectivity index (χ1n) is 9.92. The van der Waals surface area contributed by atoms with Gasteiger partial charge in [0.1, 0.15) is 5.76 Å². The fraction of sp³-hybridized carbons (Fsp3) is 0.381. The number of aromatic nitrogens is 1. The molecule has 2 aromatic heterocycles. The van der Waals surface area contributed by atoms with Crippen LogP contribution < -0.4 is 10.2 Å². The molecule has 0 aliphatic carbocycles. The topological polar surface area (TPSA) is 79.9 Å². The maximum Gasteiger partial charge on any atom is 0.329 e. The van der Waals surface area contributed by atoms with E-state index in [9.17, 15) is 9.59 Å². The number of fused-ring (bicyclic) bond motifs is 1. The van der Waals surface area contributed by atoms with Gasteiger partial charge in [0.2, 0.25) is 0 Å². The second-order valence-electron chi connectivity index (χ2n) is 7.97. The summed E-state index contributed by atoms with van der Waals surface area (Å²) in [5.41, 5.74) is -0.0573. The van der Waals surface area contributed by atoms with E-state index in [0.717, 1.165) is 31.4 Å². The van der Waals surface area contributed by atoms with Crippen molar-refractivity contribution >= 4 is 33.5 Å². The Morgan fingerprint density at radius 3 is 2.76 bits per heavy atom. The molecule has 3 aromatic rings. The summed E-state index contributed by atoms with van der Waals surface area (Å²) in [6.07, 6.45) is 3.53. The molecule has 8 heteroatoms. The lowest BCUT2D eigenvalue weighted by Crippen LogP contribution is -3.14. The fourth-order valence-electron chi connectivity index (χ4n) is 4.29. The molecule has 5 rings (SSSR count). The minimum Gasteiger partial charge on any atom is -0.466 e. The van der Waals surface area contributed by atoms with Crippen LogP contribution in [0.1, 0.15) is 36.5 Å². The highest BCUT2D eigenvalue weighted by Crippen LogP contribution is 2.32. The highest BCUT2D eigenvalue weighted by molar-refractivity contribution is 7.18. The number of para-hydroxylation sites is 1. The summed E-state index contributed by atoms with van der Waals surface area (Å²) in [4.78, 5) is 32.8. The van der Waals surface area contributed by atoms with Gasteiger partial charge in [0.15, 0.2) is 12.2 Å². The summed E-state index contributed by atoms with van der Waals surface area (Å²) in [5.74, 6) is 0.661. The van der Waals surface area contributed by atoms with Crippen molar-refractivity contribution in [1.82, 2.24) is 15.2 Å². The number of nitrogens with zero attached hydrogens (tertiary/aromatic N) is 2. The third kappa shape index (κ3) is 3.12. The molecule has 0 saturated carbocycles. The number of thiazole rings is 1. The van der Waals surface area contributed by atoms with Crippen LogP contribution in [0.15, 0.2) is 47.1 Å². The molecule has 4 heterocycles. The second kappa shape index (κ2) is 6.96. The molecule has 0 spiro atoms. The van der Waals surface area contributed by atoms with Crippen molar-refractivity contribution in [3.05, 3.63) is 53.4 Å². The fourth-order valence-corrected chi connectivity index (χ4v) is 5.43. The molecular formula is C21H23N4O3S+. The molecule has 0 radical (unpaired) electrons. The molecule has 2 aliphatic heterocycles. The van der Waals surface area contributed by atoms with E-state index < -0.39 is 5.54 Å². The number of hydrogen-bond donors (Lipinski definition) is 2. The van der Waals surface area contributed by atoms with Gasteiger partial charge in [0.25, 0.3) is 5.91 Å². The lowest BCUT2D eigenvalue weighted by Gasteiger charge is -2.30. The van der Waals surface area contributed by atoms with Crippen LogP contribution in [0.4, 0.5) is 4.79 Å². The smallest absolute Gasteiger partial charge is 0.329 e. The molecule has 2 fully saturated rings. The summed E-state index contributed by atoms with van der Waals surface area (Å²) in [6.45, 7) is 3.90. The normalized spacial score (nSPS) is 27.6. The minimum atomic E-state index is -1.13. The van der Waals surface area contributed by atoms with Crippen molar-refractivity contribution < 1.29 is 18.9 Å². The third-order valence-electron chi connectivity index (χ3n) is 6.02. The zero-order valence-corrected chi connectivity index (χ0v) is 17.0. The van der Waals surface area contributed by atoms with E-state index in [0.29, 0.717) is 18.3 Å². The molecule has 29 heavy (non-hydrogen) atoms. The number of hydrogen-bond acceptors (Lipinski definition) is 5. The number of urea groups is 1. The van der Waals surface area contributed by atoms with Crippen LogP contribution in [0, 0.1) is 0 Å². The molecule has 2 saturated heterocycles. The van der Waals surface area contributed by atoms with Gasteiger partial charge in [-0.1, -0.05) is 12.1 Å². The average Bonchev–Trinajstić information content (AvgIpc) is 3.45. The molecule has 2 aliphatic rings.